The molecule has 2 aromatic heterocycles. The van der Waals surface area contributed by atoms with E-state index < -0.39 is 0 Å². The zero-order chi connectivity index (χ0) is 22.1. The van der Waals surface area contributed by atoms with Crippen molar-refractivity contribution in [2.75, 3.05) is 16.4 Å². The van der Waals surface area contributed by atoms with E-state index in [1.54, 1.807) is 30.5 Å². The molecule has 0 aliphatic heterocycles. The minimum absolute atomic E-state index is 0.135. The van der Waals surface area contributed by atoms with Gasteiger partial charge >= 0.3 is 0 Å². The molecule has 3 amide bonds. The van der Waals surface area contributed by atoms with Crippen LogP contribution in [0.25, 0.3) is 0 Å². The Labute approximate surface area is 187 Å². The maximum atomic E-state index is 12.2. The van der Waals surface area contributed by atoms with Crippen LogP contribution >= 0.6 is 23.1 Å². The zero-order valence-electron chi connectivity index (χ0n) is 16.8. The number of aromatic nitrogens is 2. The van der Waals surface area contributed by atoms with Gasteiger partial charge in [-0.25, -0.2) is 4.98 Å². The van der Waals surface area contributed by atoms with Crippen LogP contribution in [0.15, 0.2) is 58.4 Å². The van der Waals surface area contributed by atoms with Crippen LogP contribution in [0.3, 0.4) is 0 Å². The SMILES string of the molecule is CC(=O)Nc1cccc(NC(=O)CSc2nc(CC(=O)NCc3ccccn3)cs2)c1. The third-order valence-electron chi connectivity index (χ3n) is 3.86. The van der Waals surface area contributed by atoms with Gasteiger partial charge in [-0.2, -0.15) is 0 Å². The number of nitrogens with zero attached hydrogens (tertiary/aromatic N) is 2. The molecule has 160 valence electrons. The van der Waals surface area contributed by atoms with Crippen LogP contribution in [0, 0.1) is 0 Å². The van der Waals surface area contributed by atoms with Crippen molar-refractivity contribution in [3.05, 3.63) is 65.4 Å². The average Bonchev–Trinajstić information content (AvgIpc) is 3.18. The lowest BCUT2D eigenvalue weighted by molar-refractivity contribution is -0.120. The van der Waals surface area contributed by atoms with Crippen LogP contribution in [-0.2, 0) is 27.3 Å². The summed E-state index contributed by atoms with van der Waals surface area (Å²) in [5, 5.41) is 10.1. The zero-order valence-corrected chi connectivity index (χ0v) is 18.4. The molecule has 8 nitrogen and oxygen atoms in total. The molecule has 0 saturated carbocycles. The number of carbonyl (C=O) groups is 3. The lowest BCUT2D eigenvalue weighted by atomic mass is 10.2. The molecular formula is C21H21N5O3S2. The first-order valence-corrected chi connectivity index (χ1v) is 11.3. The molecule has 0 spiro atoms. The highest BCUT2D eigenvalue weighted by atomic mass is 32.2. The lowest BCUT2D eigenvalue weighted by Gasteiger charge is -2.07. The molecule has 1 aromatic carbocycles. The molecule has 3 rings (SSSR count). The quantitative estimate of drug-likeness (QED) is 0.428. The van der Waals surface area contributed by atoms with E-state index in [1.165, 1.54) is 30.0 Å². The summed E-state index contributed by atoms with van der Waals surface area (Å²) >= 11 is 2.70. The summed E-state index contributed by atoms with van der Waals surface area (Å²) in [5.41, 5.74) is 2.67. The normalized spacial score (nSPS) is 10.4. The second-order valence-electron chi connectivity index (χ2n) is 6.48. The fourth-order valence-electron chi connectivity index (χ4n) is 2.56. The predicted molar refractivity (Wildman–Crippen MR) is 122 cm³/mol. The van der Waals surface area contributed by atoms with E-state index in [-0.39, 0.29) is 29.9 Å². The van der Waals surface area contributed by atoms with E-state index in [4.69, 9.17) is 0 Å². The molecular weight excluding hydrogens is 434 g/mol. The van der Waals surface area contributed by atoms with Gasteiger partial charge < -0.3 is 16.0 Å². The summed E-state index contributed by atoms with van der Waals surface area (Å²) in [5.74, 6) is -0.313. The van der Waals surface area contributed by atoms with Gasteiger partial charge in [-0.3, -0.25) is 19.4 Å². The number of nitrogens with one attached hydrogen (secondary N) is 3. The number of hydrogen-bond donors (Lipinski definition) is 3. The lowest BCUT2D eigenvalue weighted by Crippen LogP contribution is -2.25. The Morgan fingerprint density at radius 2 is 1.81 bits per heavy atom. The first kappa shape index (κ1) is 22.4. The molecule has 0 radical (unpaired) electrons. The molecule has 0 bridgehead atoms. The molecule has 0 atom stereocenters. The standard InChI is InChI=1S/C21H21N5O3S2/c1-14(27)24-15-6-4-7-16(9-15)25-20(29)13-31-21-26-18(12-30-21)10-19(28)23-11-17-5-2-3-8-22-17/h2-9,12H,10-11,13H2,1H3,(H,23,28)(H,24,27)(H,25,29). The number of benzene rings is 1. The minimum atomic E-state index is -0.185. The Morgan fingerprint density at radius 1 is 1.00 bits per heavy atom. The molecule has 10 heteroatoms. The monoisotopic (exact) mass is 455 g/mol. The fraction of sp³-hybridized carbons (Fsp3) is 0.190. The number of rotatable bonds is 9. The Hall–Kier alpha value is -3.24. The number of pyridine rings is 1. The first-order chi connectivity index (χ1) is 15.0. The van der Waals surface area contributed by atoms with Gasteiger partial charge in [0.25, 0.3) is 0 Å². The van der Waals surface area contributed by atoms with E-state index in [0.717, 1.165) is 10.0 Å². The third kappa shape index (κ3) is 7.83. The van der Waals surface area contributed by atoms with Crippen LogP contribution < -0.4 is 16.0 Å². The average molecular weight is 456 g/mol. The molecule has 3 N–H and O–H groups in total. The van der Waals surface area contributed by atoms with Gasteiger partial charge in [-0.15, -0.1) is 11.3 Å². The number of thioether (sulfide) groups is 1. The van der Waals surface area contributed by atoms with Crippen LogP contribution in [0.4, 0.5) is 11.4 Å². The summed E-state index contributed by atoms with van der Waals surface area (Å²) in [6.07, 6.45) is 1.85. The number of hydrogen-bond acceptors (Lipinski definition) is 7. The van der Waals surface area contributed by atoms with Crippen LogP contribution in [0.5, 0.6) is 0 Å². The first-order valence-electron chi connectivity index (χ1n) is 9.39. The van der Waals surface area contributed by atoms with E-state index in [2.05, 4.69) is 25.9 Å². The van der Waals surface area contributed by atoms with Gasteiger partial charge in [-0.1, -0.05) is 23.9 Å². The van der Waals surface area contributed by atoms with Crippen molar-refractivity contribution in [2.24, 2.45) is 0 Å². The highest BCUT2D eigenvalue weighted by Gasteiger charge is 2.11. The maximum Gasteiger partial charge on any atom is 0.234 e. The van der Waals surface area contributed by atoms with Crippen molar-refractivity contribution in [1.82, 2.24) is 15.3 Å². The van der Waals surface area contributed by atoms with E-state index in [1.807, 2.05) is 23.6 Å². The smallest absolute Gasteiger partial charge is 0.234 e. The number of thiazole rings is 1. The van der Waals surface area contributed by atoms with Gasteiger partial charge in [0.15, 0.2) is 4.34 Å². The van der Waals surface area contributed by atoms with Crippen molar-refractivity contribution < 1.29 is 14.4 Å². The van der Waals surface area contributed by atoms with Gasteiger partial charge in [0.05, 0.1) is 30.1 Å². The minimum Gasteiger partial charge on any atom is -0.350 e. The fourth-order valence-corrected chi connectivity index (χ4v) is 4.20. The van der Waals surface area contributed by atoms with Crippen molar-refractivity contribution >= 4 is 52.2 Å². The molecule has 0 aliphatic carbocycles. The second-order valence-corrected chi connectivity index (χ2v) is 8.56. The third-order valence-corrected chi connectivity index (χ3v) is 5.93. The second kappa shape index (κ2) is 11.2. The molecule has 3 aromatic rings. The van der Waals surface area contributed by atoms with Crippen molar-refractivity contribution in [2.45, 2.75) is 24.2 Å². The van der Waals surface area contributed by atoms with Crippen molar-refractivity contribution in [3.8, 4) is 0 Å². The van der Waals surface area contributed by atoms with E-state index in [0.29, 0.717) is 23.6 Å². The molecule has 0 fully saturated rings. The molecule has 0 aliphatic rings. The highest BCUT2D eigenvalue weighted by Crippen LogP contribution is 2.23. The molecule has 0 saturated heterocycles. The van der Waals surface area contributed by atoms with Crippen molar-refractivity contribution in [3.63, 3.8) is 0 Å². The Bertz CT molecular complexity index is 1060. The Morgan fingerprint density at radius 3 is 2.55 bits per heavy atom. The van der Waals surface area contributed by atoms with Gasteiger partial charge in [0.1, 0.15) is 0 Å². The van der Waals surface area contributed by atoms with Crippen LogP contribution in [-0.4, -0.2) is 33.4 Å². The number of amides is 3. The molecule has 0 unspecified atom stereocenters. The van der Waals surface area contributed by atoms with E-state index >= 15 is 0 Å². The summed E-state index contributed by atoms with van der Waals surface area (Å²) < 4.78 is 0.717. The number of anilines is 2. The topological polar surface area (TPSA) is 113 Å². The highest BCUT2D eigenvalue weighted by molar-refractivity contribution is 8.01. The van der Waals surface area contributed by atoms with Gasteiger partial charge in [0.2, 0.25) is 17.7 Å². The van der Waals surface area contributed by atoms with E-state index in [9.17, 15) is 14.4 Å². The predicted octanol–water partition coefficient (Wildman–Crippen LogP) is 3.09. The summed E-state index contributed by atoms with van der Waals surface area (Å²) in [6.45, 7) is 1.79. The Balaban J connectivity index is 1.42. The maximum absolute atomic E-state index is 12.2. The van der Waals surface area contributed by atoms with Crippen LogP contribution in [0.2, 0.25) is 0 Å². The molecule has 2 heterocycles. The Kier molecular flexibility index (Phi) is 8.13. The summed E-state index contributed by atoms with van der Waals surface area (Å²) in [6, 6.07) is 12.5. The van der Waals surface area contributed by atoms with Gasteiger partial charge in [-0.05, 0) is 30.3 Å². The summed E-state index contributed by atoms with van der Waals surface area (Å²) in [7, 11) is 0. The summed E-state index contributed by atoms with van der Waals surface area (Å²) in [4.78, 5) is 44.0. The molecule has 31 heavy (non-hydrogen) atoms. The van der Waals surface area contributed by atoms with Crippen LogP contribution in [0.1, 0.15) is 18.3 Å². The van der Waals surface area contributed by atoms with Gasteiger partial charge in [0, 0.05) is 29.9 Å². The van der Waals surface area contributed by atoms with Crippen molar-refractivity contribution in [1.29, 1.82) is 0 Å². The number of carbonyl (C=O) groups excluding carboxylic acids is 3. The largest absolute Gasteiger partial charge is 0.350 e.